The fourth-order valence-corrected chi connectivity index (χ4v) is 1.60. The van der Waals surface area contributed by atoms with Crippen molar-refractivity contribution < 1.29 is 0 Å². The number of nitrogens with one attached hydrogen (secondary N) is 1. The maximum Gasteiger partial charge on any atom is 0.0312 e. The minimum absolute atomic E-state index is 0.419. The van der Waals surface area contributed by atoms with Gasteiger partial charge in [0.15, 0.2) is 0 Å². The van der Waals surface area contributed by atoms with E-state index in [1.165, 1.54) is 18.4 Å². The van der Waals surface area contributed by atoms with Gasteiger partial charge in [-0.15, -0.1) is 0 Å². The van der Waals surface area contributed by atoms with Crippen LogP contribution in [0, 0.1) is 5.41 Å². The van der Waals surface area contributed by atoms with E-state index in [-0.39, 0.29) is 0 Å². The number of hydrogen-bond acceptors (Lipinski definition) is 3. The van der Waals surface area contributed by atoms with E-state index in [9.17, 15) is 0 Å². The van der Waals surface area contributed by atoms with E-state index in [1.807, 2.05) is 12.3 Å². The molecule has 0 unspecified atom stereocenters. The van der Waals surface area contributed by atoms with Crippen LogP contribution in [0.5, 0.6) is 0 Å². The van der Waals surface area contributed by atoms with Gasteiger partial charge in [-0.2, -0.15) is 0 Å². The monoisotopic (exact) mass is 191 g/mol. The van der Waals surface area contributed by atoms with Crippen molar-refractivity contribution in [2.45, 2.75) is 19.4 Å². The van der Waals surface area contributed by atoms with Crippen molar-refractivity contribution in [3.8, 4) is 0 Å². The number of nitrogens with zero attached hydrogens (tertiary/aromatic N) is 1. The largest absolute Gasteiger partial charge is 0.330 e. The third-order valence-corrected chi connectivity index (χ3v) is 2.94. The molecule has 0 aliphatic heterocycles. The fourth-order valence-electron chi connectivity index (χ4n) is 1.60. The normalized spacial score (nSPS) is 18.1. The standard InChI is InChI=1S/C11H17N3/c12-8-11(3-4-11)9-14-7-10-2-1-5-13-6-10/h1-2,5-6,14H,3-4,7-9,12H2. The van der Waals surface area contributed by atoms with E-state index in [4.69, 9.17) is 5.73 Å². The average molecular weight is 191 g/mol. The SMILES string of the molecule is NCC1(CNCc2cccnc2)CC1. The zero-order valence-electron chi connectivity index (χ0n) is 8.37. The summed E-state index contributed by atoms with van der Waals surface area (Å²) in [7, 11) is 0. The van der Waals surface area contributed by atoms with Crippen LogP contribution in [0.4, 0.5) is 0 Å². The zero-order valence-corrected chi connectivity index (χ0v) is 8.37. The van der Waals surface area contributed by atoms with Crippen LogP contribution < -0.4 is 11.1 Å². The molecular formula is C11H17N3. The molecule has 3 heteroatoms. The van der Waals surface area contributed by atoms with Crippen LogP contribution in [0.25, 0.3) is 0 Å². The van der Waals surface area contributed by atoms with E-state index in [1.54, 1.807) is 6.20 Å². The van der Waals surface area contributed by atoms with Crippen molar-refractivity contribution >= 4 is 0 Å². The maximum atomic E-state index is 5.70. The van der Waals surface area contributed by atoms with Gasteiger partial charge in [-0.3, -0.25) is 4.98 Å². The number of pyridine rings is 1. The van der Waals surface area contributed by atoms with Crippen molar-refractivity contribution in [1.82, 2.24) is 10.3 Å². The highest BCUT2D eigenvalue weighted by molar-refractivity contribution is 5.08. The Morgan fingerprint density at radius 1 is 1.50 bits per heavy atom. The van der Waals surface area contributed by atoms with Gasteiger partial charge in [0, 0.05) is 25.5 Å². The molecule has 0 saturated heterocycles. The summed E-state index contributed by atoms with van der Waals surface area (Å²) in [6.45, 7) is 2.75. The summed E-state index contributed by atoms with van der Waals surface area (Å²) in [6, 6.07) is 4.05. The molecule has 2 rings (SSSR count). The Hall–Kier alpha value is -0.930. The molecule has 1 aliphatic carbocycles. The fraction of sp³-hybridized carbons (Fsp3) is 0.545. The molecule has 14 heavy (non-hydrogen) atoms. The highest BCUT2D eigenvalue weighted by Crippen LogP contribution is 2.43. The van der Waals surface area contributed by atoms with Crippen LogP contribution >= 0.6 is 0 Å². The summed E-state index contributed by atoms with van der Waals surface area (Å²) >= 11 is 0. The van der Waals surface area contributed by atoms with Crippen LogP contribution in [-0.4, -0.2) is 18.1 Å². The lowest BCUT2D eigenvalue weighted by atomic mass is 10.1. The molecule has 1 aliphatic rings. The topological polar surface area (TPSA) is 50.9 Å². The number of aromatic nitrogens is 1. The smallest absolute Gasteiger partial charge is 0.0312 e. The van der Waals surface area contributed by atoms with Crippen LogP contribution in [-0.2, 0) is 6.54 Å². The highest BCUT2D eigenvalue weighted by atomic mass is 14.9. The second-order valence-electron chi connectivity index (χ2n) is 4.17. The lowest BCUT2D eigenvalue weighted by molar-refractivity contribution is 0.467. The molecule has 0 amide bonds. The molecule has 0 radical (unpaired) electrons. The Morgan fingerprint density at radius 2 is 2.36 bits per heavy atom. The second kappa shape index (κ2) is 4.07. The molecule has 1 aromatic heterocycles. The molecular weight excluding hydrogens is 174 g/mol. The molecule has 1 aromatic rings. The summed E-state index contributed by atoms with van der Waals surface area (Å²) in [4.78, 5) is 4.07. The van der Waals surface area contributed by atoms with E-state index in [0.29, 0.717) is 5.41 Å². The number of nitrogens with two attached hydrogens (primary N) is 1. The molecule has 0 spiro atoms. The molecule has 1 fully saturated rings. The quantitative estimate of drug-likeness (QED) is 0.727. The van der Waals surface area contributed by atoms with Crippen molar-refractivity contribution in [1.29, 1.82) is 0 Å². The van der Waals surface area contributed by atoms with Crippen LogP contribution in [0.1, 0.15) is 18.4 Å². The van der Waals surface area contributed by atoms with Crippen molar-refractivity contribution in [2.75, 3.05) is 13.1 Å². The molecule has 76 valence electrons. The predicted octanol–water partition coefficient (Wildman–Crippen LogP) is 0.910. The summed E-state index contributed by atoms with van der Waals surface area (Å²) in [5, 5.41) is 3.44. The van der Waals surface area contributed by atoms with Crippen LogP contribution in [0.15, 0.2) is 24.5 Å². The van der Waals surface area contributed by atoms with Crippen molar-refractivity contribution in [2.24, 2.45) is 11.1 Å². The first kappa shape index (κ1) is 9.62. The molecule has 0 aromatic carbocycles. The Kier molecular flexibility index (Phi) is 2.79. The lowest BCUT2D eigenvalue weighted by Crippen LogP contribution is -2.29. The summed E-state index contributed by atoms with van der Waals surface area (Å²) < 4.78 is 0. The van der Waals surface area contributed by atoms with Crippen LogP contribution in [0.3, 0.4) is 0 Å². The minimum Gasteiger partial charge on any atom is -0.330 e. The van der Waals surface area contributed by atoms with Crippen LogP contribution in [0.2, 0.25) is 0 Å². The molecule has 3 nitrogen and oxygen atoms in total. The number of rotatable bonds is 5. The predicted molar refractivity (Wildman–Crippen MR) is 56.7 cm³/mol. The Labute approximate surface area is 84.7 Å². The average Bonchev–Trinajstić information content (AvgIpc) is 3.00. The minimum atomic E-state index is 0.419. The third kappa shape index (κ3) is 2.30. The third-order valence-electron chi connectivity index (χ3n) is 2.94. The van der Waals surface area contributed by atoms with Crippen molar-refractivity contribution in [3.63, 3.8) is 0 Å². The van der Waals surface area contributed by atoms with Gasteiger partial charge in [0.05, 0.1) is 0 Å². The Bertz CT molecular complexity index is 280. The Balaban J connectivity index is 1.73. The maximum absolute atomic E-state index is 5.70. The first-order chi connectivity index (χ1) is 6.85. The van der Waals surface area contributed by atoms with E-state index < -0.39 is 0 Å². The highest BCUT2D eigenvalue weighted by Gasteiger charge is 2.40. The van der Waals surface area contributed by atoms with Gasteiger partial charge in [0.25, 0.3) is 0 Å². The molecule has 0 bridgehead atoms. The van der Waals surface area contributed by atoms with Gasteiger partial charge in [-0.1, -0.05) is 6.07 Å². The zero-order chi connectivity index (χ0) is 9.86. The van der Waals surface area contributed by atoms with Gasteiger partial charge in [-0.05, 0) is 36.4 Å². The van der Waals surface area contributed by atoms with E-state index in [2.05, 4.69) is 16.4 Å². The second-order valence-corrected chi connectivity index (χ2v) is 4.17. The van der Waals surface area contributed by atoms with Gasteiger partial charge >= 0.3 is 0 Å². The Morgan fingerprint density at radius 3 is 2.93 bits per heavy atom. The first-order valence-corrected chi connectivity index (χ1v) is 5.14. The summed E-state index contributed by atoms with van der Waals surface area (Å²) in [5.41, 5.74) is 7.35. The molecule has 1 saturated carbocycles. The van der Waals surface area contributed by atoms with E-state index >= 15 is 0 Å². The summed E-state index contributed by atoms with van der Waals surface area (Å²) in [6.07, 6.45) is 6.26. The van der Waals surface area contributed by atoms with Gasteiger partial charge in [-0.25, -0.2) is 0 Å². The van der Waals surface area contributed by atoms with Gasteiger partial charge in [0.1, 0.15) is 0 Å². The van der Waals surface area contributed by atoms with Crippen molar-refractivity contribution in [3.05, 3.63) is 30.1 Å². The van der Waals surface area contributed by atoms with E-state index in [0.717, 1.165) is 19.6 Å². The molecule has 1 heterocycles. The molecule has 3 N–H and O–H groups in total. The lowest BCUT2D eigenvalue weighted by Gasteiger charge is -2.12. The molecule has 0 atom stereocenters. The number of hydrogen-bond donors (Lipinski definition) is 2. The first-order valence-electron chi connectivity index (χ1n) is 5.14. The van der Waals surface area contributed by atoms with Gasteiger partial charge in [0.2, 0.25) is 0 Å². The van der Waals surface area contributed by atoms with Gasteiger partial charge < -0.3 is 11.1 Å². The summed E-state index contributed by atoms with van der Waals surface area (Å²) in [5.74, 6) is 0.